The minimum absolute atomic E-state index is 0.0963. The molecule has 2 aromatic rings. The fourth-order valence-electron chi connectivity index (χ4n) is 2.55. The van der Waals surface area contributed by atoms with Crippen LogP contribution in [0.5, 0.6) is 5.75 Å². The third kappa shape index (κ3) is 4.00. The van der Waals surface area contributed by atoms with E-state index in [0.717, 1.165) is 35.9 Å². The molecular formula is C18H17NO6. The van der Waals surface area contributed by atoms with Gasteiger partial charge in [0.15, 0.2) is 0 Å². The van der Waals surface area contributed by atoms with Gasteiger partial charge in [-0.1, -0.05) is 17.7 Å². The molecule has 0 unspecified atom stereocenters. The summed E-state index contributed by atoms with van der Waals surface area (Å²) < 4.78 is 9.97. The Morgan fingerprint density at radius 2 is 1.44 bits per heavy atom. The Kier molecular flexibility index (Phi) is 5.17. The molecule has 0 radical (unpaired) electrons. The molecule has 0 spiro atoms. The summed E-state index contributed by atoms with van der Waals surface area (Å²) in [6.07, 6.45) is 0. The summed E-state index contributed by atoms with van der Waals surface area (Å²) in [6.45, 7) is 5.53. The number of nitrogens with zero attached hydrogens (tertiary/aromatic N) is 1. The number of benzene rings is 2. The van der Waals surface area contributed by atoms with Gasteiger partial charge in [-0.3, -0.25) is 10.1 Å². The highest BCUT2D eigenvalue weighted by atomic mass is 16.6. The van der Waals surface area contributed by atoms with Crippen LogP contribution in [0.4, 0.5) is 5.69 Å². The zero-order valence-corrected chi connectivity index (χ0v) is 14.3. The van der Waals surface area contributed by atoms with Gasteiger partial charge in [0.2, 0.25) is 0 Å². The maximum Gasteiger partial charge on any atom is 0.343 e. The molecule has 0 saturated heterocycles. The monoisotopic (exact) mass is 343 g/mol. The van der Waals surface area contributed by atoms with E-state index in [2.05, 4.69) is 4.74 Å². The van der Waals surface area contributed by atoms with Crippen molar-refractivity contribution in [1.82, 2.24) is 0 Å². The van der Waals surface area contributed by atoms with Gasteiger partial charge in [-0.25, -0.2) is 9.59 Å². The van der Waals surface area contributed by atoms with E-state index in [1.807, 2.05) is 19.1 Å². The zero-order valence-electron chi connectivity index (χ0n) is 14.3. The van der Waals surface area contributed by atoms with E-state index in [1.54, 1.807) is 13.8 Å². The number of hydrogen-bond acceptors (Lipinski definition) is 6. The van der Waals surface area contributed by atoms with Crippen LogP contribution in [0.15, 0.2) is 30.3 Å². The topological polar surface area (TPSA) is 95.7 Å². The summed E-state index contributed by atoms with van der Waals surface area (Å²) in [6, 6.07) is 7.05. The lowest BCUT2D eigenvalue weighted by atomic mass is 10.1. The van der Waals surface area contributed by atoms with Crippen molar-refractivity contribution in [2.75, 3.05) is 7.11 Å². The van der Waals surface area contributed by atoms with Gasteiger partial charge in [0.05, 0.1) is 23.2 Å². The third-order valence-electron chi connectivity index (χ3n) is 3.58. The van der Waals surface area contributed by atoms with Crippen molar-refractivity contribution in [3.8, 4) is 5.75 Å². The molecule has 0 fully saturated rings. The number of esters is 2. The predicted molar refractivity (Wildman–Crippen MR) is 90.0 cm³/mol. The lowest BCUT2D eigenvalue weighted by Gasteiger charge is -2.12. The maximum atomic E-state index is 12.4. The minimum Gasteiger partial charge on any atom is -0.465 e. The van der Waals surface area contributed by atoms with E-state index < -0.39 is 22.5 Å². The Bertz CT molecular complexity index is 849. The van der Waals surface area contributed by atoms with Crippen molar-refractivity contribution >= 4 is 17.6 Å². The highest BCUT2D eigenvalue weighted by molar-refractivity contribution is 5.97. The van der Waals surface area contributed by atoms with E-state index in [4.69, 9.17) is 4.74 Å². The van der Waals surface area contributed by atoms with Gasteiger partial charge in [0.25, 0.3) is 5.69 Å². The van der Waals surface area contributed by atoms with Gasteiger partial charge in [-0.2, -0.15) is 0 Å². The number of non-ortho nitro benzene ring substituents is 1. The van der Waals surface area contributed by atoms with Gasteiger partial charge in [-0.05, 0) is 38.0 Å². The van der Waals surface area contributed by atoms with Crippen molar-refractivity contribution < 1.29 is 24.0 Å². The molecule has 25 heavy (non-hydrogen) atoms. The van der Waals surface area contributed by atoms with Crippen LogP contribution in [0.3, 0.4) is 0 Å². The van der Waals surface area contributed by atoms with Crippen LogP contribution in [-0.4, -0.2) is 24.0 Å². The molecule has 0 N–H and O–H groups in total. The van der Waals surface area contributed by atoms with Gasteiger partial charge < -0.3 is 9.47 Å². The molecule has 0 bridgehead atoms. The number of rotatable bonds is 4. The minimum atomic E-state index is -0.788. The molecule has 0 aromatic heterocycles. The molecule has 0 aliphatic rings. The Balaban J connectivity index is 2.44. The number of ether oxygens (including phenoxy) is 2. The third-order valence-corrected chi connectivity index (χ3v) is 3.58. The quantitative estimate of drug-likeness (QED) is 0.365. The first kappa shape index (κ1) is 18.1. The number of carbonyl (C=O) groups is 2. The Labute approximate surface area is 144 Å². The molecule has 0 aliphatic carbocycles. The highest BCUT2D eigenvalue weighted by Crippen LogP contribution is 2.26. The summed E-state index contributed by atoms with van der Waals surface area (Å²) >= 11 is 0. The predicted octanol–water partition coefficient (Wildman–Crippen LogP) is 3.53. The molecule has 0 aliphatic heterocycles. The first-order valence-corrected chi connectivity index (χ1v) is 7.40. The molecule has 0 heterocycles. The van der Waals surface area contributed by atoms with Gasteiger partial charge >= 0.3 is 11.9 Å². The first-order chi connectivity index (χ1) is 11.7. The Morgan fingerprint density at radius 1 is 0.920 bits per heavy atom. The van der Waals surface area contributed by atoms with Crippen molar-refractivity contribution in [3.05, 3.63) is 68.3 Å². The van der Waals surface area contributed by atoms with Crippen LogP contribution < -0.4 is 4.74 Å². The van der Waals surface area contributed by atoms with Crippen molar-refractivity contribution in [2.45, 2.75) is 20.8 Å². The normalized spacial score (nSPS) is 10.2. The number of methoxy groups -OCH3 is 1. The van der Waals surface area contributed by atoms with E-state index in [0.29, 0.717) is 5.75 Å². The first-order valence-electron chi connectivity index (χ1n) is 7.40. The number of aryl methyl sites for hydroxylation is 3. The second kappa shape index (κ2) is 7.12. The second-order valence-corrected chi connectivity index (χ2v) is 5.63. The molecule has 0 saturated carbocycles. The van der Waals surface area contributed by atoms with Crippen LogP contribution >= 0.6 is 0 Å². The molecule has 2 rings (SSSR count). The highest BCUT2D eigenvalue weighted by Gasteiger charge is 2.20. The maximum absolute atomic E-state index is 12.4. The average Bonchev–Trinajstić information content (AvgIpc) is 2.56. The van der Waals surface area contributed by atoms with Crippen molar-refractivity contribution in [2.24, 2.45) is 0 Å². The van der Waals surface area contributed by atoms with Crippen LogP contribution in [0.25, 0.3) is 0 Å². The summed E-state index contributed by atoms with van der Waals surface area (Å²) in [7, 11) is 1.15. The number of carbonyl (C=O) groups excluding carboxylic acids is 2. The molecule has 0 amide bonds. The number of nitro benzene ring substituents is 1. The summed E-state index contributed by atoms with van der Waals surface area (Å²) in [4.78, 5) is 34.5. The Morgan fingerprint density at radius 3 is 1.92 bits per heavy atom. The summed E-state index contributed by atoms with van der Waals surface area (Å²) in [5, 5.41) is 11.0. The largest absolute Gasteiger partial charge is 0.465 e. The van der Waals surface area contributed by atoms with Crippen LogP contribution in [0.2, 0.25) is 0 Å². The standard InChI is InChI=1S/C18H17NO6/c1-10-5-11(2)16(12(3)6-10)25-18(21)14-7-13(17(20)24-4)8-15(9-14)19(22)23/h5-9H,1-4H3. The molecule has 7 heteroatoms. The smallest absolute Gasteiger partial charge is 0.343 e. The molecule has 2 aromatic carbocycles. The molecule has 0 atom stereocenters. The van der Waals surface area contributed by atoms with E-state index in [-0.39, 0.29) is 11.1 Å². The lowest BCUT2D eigenvalue weighted by molar-refractivity contribution is -0.384. The van der Waals surface area contributed by atoms with Crippen LogP contribution in [0.1, 0.15) is 37.4 Å². The van der Waals surface area contributed by atoms with Crippen molar-refractivity contribution in [1.29, 1.82) is 0 Å². The Hall–Kier alpha value is -3.22. The van der Waals surface area contributed by atoms with Gasteiger partial charge in [0.1, 0.15) is 5.75 Å². The van der Waals surface area contributed by atoms with Crippen LogP contribution in [-0.2, 0) is 4.74 Å². The second-order valence-electron chi connectivity index (χ2n) is 5.63. The summed E-state index contributed by atoms with van der Waals surface area (Å²) in [5.41, 5.74) is 1.97. The summed E-state index contributed by atoms with van der Waals surface area (Å²) in [5.74, 6) is -1.17. The number of nitro groups is 1. The van der Waals surface area contributed by atoms with E-state index in [1.165, 1.54) is 6.07 Å². The molecular weight excluding hydrogens is 326 g/mol. The SMILES string of the molecule is COC(=O)c1cc(C(=O)Oc2c(C)cc(C)cc2C)cc([N+](=O)[O-])c1. The average molecular weight is 343 g/mol. The molecule has 7 nitrogen and oxygen atoms in total. The zero-order chi connectivity index (χ0) is 18.7. The van der Waals surface area contributed by atoms with Crippen LogP contribution in [0, 0.1) is 30.9 Å². The lowest BCUT2D eigenvalue weighted by Crippen LogP contribution is -2.13. The van der Waals surface area contributed by atoms with Gasteiger partial charge in [0, 0.05) is 12.1 Å². The van der Waals surface area contributed by atoms with Gasteiger partial charge in [-0.15, -0.1) is 0 Å². The fourth-order valence-corrected chi connectivity index (χ4v) is 2.55. The van der Waals surface area contributed by atoms with E-state index in [9.17, 15) is 19.7 Å². The number of hydrogen-bond donors (Lipinski definition) is 0. The van der Waals surface area contributed by atoms with Crippen molar-refractivity contribution in [3.63, 3.8) is 0 Å². The molecule has 130 valence electrons. The van der Waals surface area contributed by atoms with E-state index >= 15 is 0 Å². The fraction of sp³-hybridized carbons (Fsp3) is 0.222.